The number of rotatable bonds is 3. The van der Waals surface area contributed by atoms with Gasteiger partial charge in [-0.25, -0.2) is 0 Å². The Balaban J connectivity index is 2.24. The number of hydrogen-bond donors (Lipinski definition) is 0. The molecule has 1 radical (unpaired) electrons. The summed E-state index contributed by atoms with van der Waals surface area (Å²) in [6.07, 6.45) is 0. The predicted octanol–water partition coefficient (Wildman–Crippen LogP) is 4.22. The van der Waals surface area contributed by atoms with Crippen LogP contribution < -0.4 is 5.73 Å². The van der Waals surface area contributed by atoms with Gasteiger partial charge in [-0.15, -0.1) is 0 Å². The van der Waals surface area contributed by atoms with Crippen molar-refractivity contribution in [3.05, 3.63) is 58.6 Å². The minimum Gasteiger partial charge on any atom is -0.267 e. The standard InChI is InChI=1S/C14H11ClNOS/c1-9-2-5-11(6-3-9)18-13-7-4-10(14(16)17)8-12(13)15/h2-8,16H,1H3. The van der Waals surface area contributed by atoms with Crippen LogP contribution in [0.4, 0.5) is 0 Å². The summed E-state index contributed by atoms with van der Waals surface area (Å²) in [7, 11) is 0. The van der Waals surface area contributed by atoms with Gasteiger partial charge in [0.25, 0.3) is 5.91 Å². The molecule has 0 atom stereocenters. The first-order valence-electron chi connectivity index (χ1n) is 5.36. The lowest BCUT2D eigenvalue weighted by atomic mass is 10.2. The Morgan fingerprint density at radius 2 is 1.83 bits per heavy atom. The Bertz CT molecular complexity index is 581. The van der Waals surface area contributed by atoms with Crippen LogP contribution in [0.3, 0.4) is 0 Å². The maximum absolute atomic E-state index is 10.9. The zero-order valence-corrected chi connectivity index (χ0v) is 11.3. The van der Waals surface area contributed by atoms with E-state index in [1.807, 2.05) is 31.2 Å². The SMILES string of the molecule is Cc1ccc(Sc2ccc(C([NH])=O)cc2Cl)cc1. The Kier molecular flexibility index (Phi) is 3.94. The highest BCUT2D eigenvalue weighted by molar-refractivity contribution is 7.99. The van der Waals surface area contributed by atoms with E-state index in [9.17, 15) is 4.79 Å². The van der Waals surface area contributed by atoms with Gasteiger partial charge in [0.2, 0.25) is 0 Å². The Morgan fingerprint density at radius 3 is 2.39 bits per heavy atom. The van der Waals surface area contributed by atoms with Gasteiger partial charge in [-0.2, -0.15) is 0 Å². The Hall–Kier alpha value is -1.45. The van der Waals surface area contributed by atoms with Crippen molar-refractivity contribution in [2.45, 2.75) is 16.7 Å². The third kappa shape index (κ3) is 3.06. The maximum atomic E-state index is 10.9. The summed E-state index contributed by atoms with van der Waals surface area (Å²) in [5, 5.41) is 0.499. The minimum absolute atomic E-state index is 0.313. The molecule has 0 aliphatic rings. The van der Waals surface area contributed by atoms with E-state index in [-0.39, 0.29) is 0 Å². The van der Waals surface area contributed by atoms with E-state index in [0.717, 1.165) is 9.79 Å². The molecule has 0 saturated heterocycles. The average molecular weight is 277 g/mol. The smallest absolute Gasteiger partial charge is 0.267 e. The van der Waals surface area contributed by atoms with Crippen molar-refractivity contribution in [2.75, 3.05) is 0 Å². The second-order valence-corrected chi connectivity index (χ2v) is 5.41. The molecule has 18 heavy (non-hydrogen) atoms. The number of carbonyl (C=O) groups is 1. The molecule has 0 fully saturated rings. The Morgan fingerprint density at radius 1 is 1.17 bits per heavy atom. The molecule has 0 bridgehead atoms. The molecule has 0 aromatic heterocycles. The average Bonchev–Trinajstić information content (AvgIpc) is 2.34. The fraction of sp³-hybridized carbons (Fsp3) is 0.0714. The van der Waals surface area contributed by atoms with Gasteiger partial charge in [0.05, 0.1) is 5.02 Å². The molecule has 2 aromatic rings. The number of carbonyl (C=O) groups excluding carboxylic acids is 1. The van der Waals surface area contributed by atoms with E-state index in [2.05, 4.69) is 0 Å². The van der Waals surface area contributed by atoms with Gasteiger partial charge < -0.3 is 0 Å². The van der Waals surface area contributed by atoms with Gasteiger partial charge in [-0.1, -0.05) is 41.1 Å². The fourth-order valence-corrected chi connectivity index (χ4v) is 2.57. The molecular weight excluding hydrogens is 266 g/mol. The largest absolute Gasteiger partial charge is 0.269 e. The number of benzene rings is 2. The maximum Gasteiger partial charge on any atom is 0.269 e. The van der Waals surface area contributed by atoms with Crippen LogP contribution in [0.5, 0.6) is 0 Å². The quantitative estimate of drug-likeness (QED) is 0.842. The van der Waals surface area contributed by atoms with Crippen LogP contribution >= 0.6 is 23.4 Å². The minimum atomic E-state index is -0.719. The number of hydrogen-bond acceptors (Lipinski definition) is 2. The molecule has 0 saturated carbocycles. The predicted molar refractivity (Wildman–Crippen MR) is 74.2 cm³/mol. The molecule has 4 heteroatoms. The zero-order chi connectivity index (χ0) is 13.1. The monoisotopic (exact) mass is 276 g/mol. The molecule has 0 aliphatic carbocycles. The summed E-state index contributed by atoms with van der Waals surface area (Å²) < 4.78 is 0. The molecule has 1 N–H and O–H groups in total. The van der Waals surface area contributed by atoms with E-state index < -0.39 is 5.91 Å². The highest BCUT2D eigenvalue weighted by Crippen LogP contribution is 2.33. The molecule has 0 spiro atoms. The van der Waals surface area contributed by atoms with Crippen molar-refractivity contribution in [3.8, 4) is 0 Å². The topological polar surface area (TPSA) is 40.9 Å². The molecular formula is C14H11ClNOS. The van der Waals surface area contributed by atoms with Crippen molar-refractivity contribution in [2.24, 2.45) is 0 Å². The van der Waals surface area contributed by atoms with E-state index in [1.54, 1.807) is 12.1 Å². The second-order valence-electron chi connectivity index (χ2n) is 3.89. The normalized spacial score (nSPS) is 10.3. The number of halogens is 1. The van der Waals surface area contributed by atoms with E-state index in [4.69, 9.17) is 17.3 Å². The summed E-state index contributed by atoms with van der Waals surface area (Å²) in [5.74, 6) is -0.719. The Labute approximate surface area is 115 Å². The molecule has 0 heterocycles. The molecule has 2 aromatic carbocycles. The van der Waals surface area contributed by atoms with Gasteiger partial charge >= 0.3 is 0 Å². The van der Waals surface area contributed by atoms with E-state index >= 15 is 0 Å². The van der Waals surface area contributed by atoms with Crippen molar-refractivity contribution >= 4 is 29.3 Å². The molecule has 0 unspecified atom stereocenters. The first kappa shape index (κ1) is 13.0. The fourth-order valence-electron chi connectivity index (χ4n) is 1.46. The van der Waals surface area contributed by atoms with Gasteiger partial charge in [-0.05, 0) is 37.3 Å². The van der Waals surface area contributed by atoms with E-state index in [0.29, 0.717) is 10.6 Å². The lowest BCUT2D eigenvalue weighted by Gasteiger charge is -2.05. The molecule has 1 amide bonds. The summed E-state index contributed by atoms with van der Waals surface area (Å²) in [6.45, 7) is 2.04. The third-order valence-electron chi connectivity index (χ3n) is 2.44. The molecule has 0 aliphatic heterocycles. The van der Waals surface area contributed by atoms with Crippen LogP contribution in [0.2, 0.25) is 5.02 Å². The molecule has 2 nitrogen and oxygen atoms in total. The lowest BCUT2D eigenvalue weighted by molar-refractivity contribution is 0.0992. The van der Waals surface area contributed by atoms with Crippen molar-refractivity contribution in [1.82, 2.24) is 5.73 Å². The van der Waals surface area contributed by atoms with Gasteiger partial charge in [-0.3, -0.25) is 10.5 Å². The second kappa shape index (κ2) is 5.46. The van der Waals surface area contributed by atoms with Crippen LogP contribution in [-0.2, 0) is 0 Å². The lowest BCUT2D eigenvalue weighted by Crippen LogP contribution is -1.98. The van der Waals surface area contributed by atoms with Crippen molar-refractivity contribution in [1.29, 1.82) is 0 Å². The van der Waals surface area contributed by atoms with Crippen LogP contribution in [0.15, 0.2) is 52.3 Å². The van der Waals surface area contributed by atoms with Gasteiger partial charge in [0, 0.05) is 15.4 Å². The molecule has 91 valence electrons. The van der Waals surface area contributed by atoms with Crippen LogP contribution in [-0.4, -0.2) is 5.91 Å². The zero-order valence-electron chi connectivity index (χ0n) is 9.74. The first-order chi connectivity index (χ1) is 8.56. The van der Waals surface area contributed by atoms with Crippen LogP contribution in [0.1, 0.15) is 15.9 Å². The highest BCUT2D eigenvalue weighted by Gasteiger charge is 2.07. The highest BCUT2D eigenvalue weighted by atomic mass is 35.5. The number of aryl methyl sites for hydroxylation is 1. The third-order valence-corrected chi connectivity index (χ3v) is 3.95. The first-order valence-corrected chi connectivity index (χ1v) is 6.56. The van der Waals surface area contributed by atoms with Crippen LogP contribution in [0.25, 0.3) is 0 Å². The number of amides is 1. The van der Waals surface area contributed by atoms with Crippen LogP contribution in [0, 0.1) is 6.92 Å². The summed E-state index contributed by atoms with van der Waals surface area (Å²) in [4.78, 5) is 12.9. The summed E-state index contributed by atoms with van der Waals surface area (Å²) in [5.41, 5.74) is 8.55. The van der Waals surface area contributed by atoms with Gasteiger partial charge in [0.1, 0.15) is 0 Å². The van der Waals surface area contributed by atoms with Crippen molar-refractivity contribution in [3.63, 3.8) is 0 Å². The number of nitrogens with one attached hydrogen (secondary N) is 1. The van der Waals surface area contributed by atoms with E-state index in [1.165, 1.54) is 23.4 Å². The summed E-state index contributed by atoms with van der Waals surface area (Å²) in [6, 6.07) is 13.1. The summed E-state index contributed by atoms with van der Waals surface area (Å²) >= 11 is 7.64. The molecule has 2 rings (SSSR count). The van der Waals surface area contributed by atoms with Gasteiger partial charge in [0.15, 0.2) is 0 Å². The van der Waals surface area contributed by atoms with Crippen molar-refractivity contribution < 1.29 is 4.79 Å².